The van der Waals surface area contributed by atoms with Gasteiger partial charge in [0.2, 0.25) is 0 Å². The summed E-state index contributed by atoms with van der Waals surface area (Å²) in [6, 6.07) is 8.51. The number of carbonyl (C=O) groups excluding carboxylic acids is 3. The minimum atomic E-state index is -4.55. The molecule has 13 heteroatoms. The van der Waals surface area contributed by atoms with Gasteiger partial charge in [-0.15, -0.1) is 0 Å². The zero-order chi connectivity index (χ0) is 30.9. The predicted octanol–water partition coefficient (Wildman–Crippen LogP) is 4.89. The Morgan fingerprint density at radius 1 is 1.16 bits per heavy atom. The molecular formula is C30H25F4N5O4. The highest BCUT2D eigenvalue weighted by Gasteiger charge is 2.31. The summed E-state index contributed by atoms with van der Waals surface area (Å²) < 4.78 is 59.8. The summed E-state index contributed by atoms with van der Waals surface area (Å²) in [5.74, 6) is -2.84. The first-order valence-corrected chi connectivity index (χ1v) is 13.2. The van der Waals surface area contributed by atoms with Crippen LogP contribution in [0.1, 0.15) is 71.6 Å². The molecule has 1 atom stereocenters. The van der Waals surface area contributed by atoms with Crippen LogP contribution in [0.25, 0.3) is 5.65 Å². The zero-order valence-electron chi connectivity index (χ0n) is 22.8. The van der Waals surface area contributed by atoms with E-state index in [2.05, 4.69) is 27.3 Å². The lowest BCUT2D eigenvalue weighted by atomic mass is 9.98. The van der Waals surface area contributed by atoms with Crippen molar-refractivity contribution in [2.24, 2.45) is 0 Å². The lowest BCUT2D eigenvalue weighted by molar-refractivity contribution is -0.137. The lowest BCUT2D eigenvalue weighted by Gasteiger charge is -2.16. The van der Waals surface area contributed by atoms with Crippen molar-refractivity contribution in [2.45, 2.75) is 38.5 Å². The molecule has 0 saturated carbocycles. The van der Waals surface area contributed by atoms with E-state index in [1.54, 1.807) is 19.1 Å². The Labute approximate surface area is 242 Å². The molecule has 0 fully saturated rings. The summed E-state index contributed by atoms with van der Waals surface area (Å²) in [4.78, 5) is 42.8. The molecule has 0 radical (unpaired) electrons. The minimum Gasteiger partial charge on any atom is -0.458 e. The van der Waals surface area contributed by atoms with Crippen molar-refractivity contribution < 1.29 is 36.7 Å². The summed E-state index contributed by atoms with van der Waals surface area (Å²) in [6.07, 6.45) is -1.12. The van der Waals surface area contributed by atoms with Crippen molar-refractivity contribution in [1.82, 2.24) is 25.2 Å². The van der Waals surface area contributed by atoms with E-state index in [1.165, 1.54) is 18.2 Å². The van der Waals surface area contributed by atoms with Gasteiger partial charge in [0, 0.05) is 12.6 Å². The molecular weight excluding hydrogens is 570 g/mol. The third-order valence-electron chi connectivity index (χ3n) is 7.15. The van der Waals surface area contributed by atoms with E-state index in [0.29, 0.717) is 18.4 Å². The van der Waals surface area contributed by atoms with Crippen LogP contribution in [0.4, 0.5) is 17.6 Å². The molecule has 0 saturated heterocycles. The maximum absolute atomic E-state index is 14.5. The van der Waals surface area contributed by atoms with Gasteiger partial charge in [-0.1, -0.05) is 30.9 Å². The fourth-order valence-electron chi connectivity index (χ4n) is 5.04. The number of nitrogens with one attached hydrogen (secondary N) is 2. The van der Waals surface area contributed by atoms with Gasteiger partial charge in [0.15, 0.2) is 11.5 Å². The fraction of sp³-hybridized carbons (Fsp3) is 0.233. The number of rotatable bonds is 8. The Balaban J connectivity index is 1.37. The summed E-state index contributed by atoms with van der Waals surface area (Å²) in [5.41, 5.74) is 1.31. The number of esters is 1. The molecule has 2 heterocycles. The fourth-order valence-corrected chi connectivity index (χ4v) is 5.04. The van der Waals surface area contributed by atoms with Crippen molar-refractivity contribution in [3.05, 3.63) is 112 Å². The van der Waals surface area contributed by atoms with E-state index >= 15 is 0 Å². The molecule has 0 unspecified atom stereocenters. The third kappa shape index (κ3) is 5.96. The van der Waals surface area contributed by atoms with Crippen LogP contribution in [0.15, 0.2) is 61.3 Å². The average Bonchev–Trinajstić information content (AvgIpc) is 3.57. The van der Waals surface area contributed by atoms with E-state index in [-0.39, 0.29) is 35.8 Å². The van der Waals surface area contributed by atoms with Gasteiger partial charge in [-0.3, -0.25) is 9.59 Å². The molecule has 9 nitrogen and oxygen atoms in total. The summed E-state index contributed by atoms with van der Waals surface area (Å²) in [7, 11) is 0. The smallest absolute Gasteiger partial charge is 0.416 e. The number of carbonyl (C=O) groups is 3. The topological polar surface area (TPSA) is 115 Å². The van der Waals surface area contributed by atoms with Crippen LogP contribution in [0, 0.1) is 12.7 Å². The van der Waals surface area contributed by atoms with Gasteiger partial charge in [-0.2, -0.15) is 18.3 Å². The molecule has 0 aliphatic heterocycles. The minimum absolute atomic E-state index is 0.0771. The molecule has 1 aliphatic rings. The second kappa shape index (κ2) is 11.7. The van der Waals surface area contributed by atoms with Gasteiger partial charge in [-0.05, 0) is 60.2 Å². The molecule has 4 aromatic rings. The van der Waals surface area contributed by atoms with Crippen molar-refractivity contribution >= 4 is 23.4 Å². The number of fused-ring (bicyclic) bond motifs is 2. The second-order valence-corrected chi connectivity index (χ2v) is 9.89. The summed E-state index contributed by atoms with van der Waals surface area (Å²) in [5, 5.41) is 9.23. The van der Waals surface area contributed by atoms with E-state index in [0.717, 1.165) is 45.6 Å². The highest BCUT2D eigenvalue weighted by molar-refractivity contribution is 5.98. The van der Waals surface area contributed by atoms with Crippen LogP contribution in [-0.2, 0) is 23.9 Å². The Bertz CT molecular complexity index is 1770. The molecule has 0 spiro atoms. The average molecular weight is 596 g/mol. The van der Waals surface area contributed by atoms with Gasteiger partial charge in [0.05, 0.1) is 23.4 Å². The molecule has 1 aliphatic carbocycles. The molecule has 0 bridgehead atoms. The number of hydrogen-bond donors (Lipinski definition) is 2. The standard InChI is InChI=1S/C30H25F4N5O4/c1-3-11-43-29(42)20-7-8-21-19(16(20)2)9-10-23(21)38-28(41)25-13-24(37-26-22(31)15-36-39(25)26)27(40)35-14-17-5-4-6-18(12-17)30(32,33)34/h3-8,12-13,15,23H,1,9-11,14H2,2H3,(H,35,40)(H,38,41)/t23-/m0/s1. The van der Waals surface area contributed by atoms with Gasteiger partial charge >= 0.3 is 12.1 Å². The molecule has 2 aromatic carbocycles. The van der Waals surface area contributed by atoms with Crippen molar-refractivity contribution in [2.75, 3.05) is 6.61 Å². The van der Waals surface area contributed by atoms with Crippen molar-refractivity contribution in [1.29, 1.82) is 0 Å². The normalized spacial score (nSPS) is 14.3. The van der Waals surface area contributed by atoms with E-state index in [1.807, 2.05) is 0 Å². The van der Waals surface area contributed by atoms with E-state index in [4.69, 9.17) is 4.74 Å². The molecule has 222 valence electrons. The van der Waals surface area contributed by atoms with Crippen molar-refractivity contribution in [3.63, 3.8) is 0 Å². The van der Waals surface area contributed by atoms with Gasteiger partial charge in [-0.25, -0.2) is 18.7 Å². The lowest BCUT2D eigenvalue weighted by Crippen LogP contribution is -2.30. The molecule has 5 rings (SSSR count). The Morgan fingerprint density at radius 3 is 2.70 bits per heavy atom. The molecule has 2 aromatic heterocycles. The number of amides is 2. The van der Waals surface area contributed by atoms with Crippen LogP contribution in [0.2, 0.25) is 0 Å². The van der Waals surface area contributed by atoms with Crippen LogP contribution in [0.5, 0.6) is 0 Å². The largest absolute Gasteiger partial charge is 0.458 e. The zero-order valence-corrected chi connectivity index (χ0v) is 22.8. The SMILES string of the molecule is C=CCOC(=O)c1ccc2c(c1C)CC[C@@H]2NC(=O)c1cc(C(=O)NCc2cccc(C(F)(F)F)c2)nc2c(F)cnn12. The molecule has 43 heavy (non-hydrogen) atoms. The summed E-state index contributed by atoms with van der Waals surface area (Å²) in [6.45, 7) is 5.15. The number of halogens is 4. The Kier molecular flexibility index (Phi) is 7.98. The van der Waals surface area contributed by atoms with Crippen LogP contribution in [0.3, 0.4) is 0 Å². The highest BCUT2D eigenvalue weighted by Crippen LogP contribution is 2.35. The van der Waals surface area contributed by atoms with E-state index in [9.17, 15) is 31.9 Å². The maximum Gasteiger partial charge on any atom is 0.416 e. The van der Waals surface area contributed by atoms with Gasteiger partial charge in [0.1, 0.15) is 18.0 Å². The van der Waals surface area contributed by atoms with Gasteiger partial charge < -0.3 is 15.4 Å². The molecule has 2 amide bonds. The number of ether oxygens (including phenoxy) is 1. The number of nitrogens with zero attached hydrogens (tertiary/aromatic N) is 3. The van der Waals surface area contributed by atoms with Crippen LogP contribution < -0.4 is 10.6 Å². The Morgan fingerprint density at radius 2 is 1.95 bits per heavy atom. The first kappa shape index (κ1) is 29.4. The number of hydrogen-bond acceptors (Lipinski definition) is 6. The maximum atomic E-state index is 14.5. The molecule has 2 N–H and O–H groups in total. The number of alkyl halides is 3. The van der Waals surface area contributed by atoms with Crippen LogP contribution >= 0.6 is 0 Å². The second-order valence-electron chi connectivity index (χ2n) is 9.89. The Hall–Kier alpha value is -5.07. The van der Waals surface area contributed by atoms with E-state index < -0.39 is 41.4 Å². The number of aromatic nitrogens is 3. The predicted molar refractivity (Wildman–Crippen MR) is 146 cm³/mol. The monoisotopic (exact) mass is 595 g/mol. The highest BCUT2D eigenvalue weighted by atomic mass is 19.4. The van der Waals surface area contributed by atoms with Crippen molar-refractivity contribution in [3.8, 4) is 0 Å². The first-order chi connectivity index (χ1) is 20.5. The first-order valence-electron chi connectivity index (χ1n) is 13.2. The third-order valence-corrected chi connectivity index (χ3v) is 7.15. The quantitative estimate of drug-likeness (QED) is 0.170. The summed E-state index contributed by atoms with van der Waals surface area (Å²) >= 11 is 0. The number of benzene rings is 2. The van der Waals surface area contributed by atoms with Crippen LogP contribution in [-0.4, -0.2) is 39.0 Å². The van der Waals surface area contributed by atoms with Gasteiger partial charge in [0.25, 0.3) is 11.8 Å².